The van der Waals surface area contributed by atoms with Gasteiger partial charge in [-0.3, -0.25) is 9.69 Å². The van der Waals surface area contributed by atoms with Gasteiger partial charge in [0.05, 0.1) is 11.5 Å². The molecule has 236 valence electrons. The number of likely N-dealkylation sites (N-methyl/N-ethyl adjacent to an activating group) is 1. The van der Waals surface area contributed by atoms with Crippen LogP contribution in [0.15, 0.2) is 72.8 Å². The van der Waals surface area contributed by atoms with Crippen LogP contribution in [0, 0.1) is 0 Å². The van der Waals surface area contributed by atoms with Gasteiger partial charge in [-0.25, -0.2) is 0 Å². The molecule has 3 aromatic rings. The average molecular weight is 621 g/mol. The minimum absolute atomic E-state index is 0.0606. The van der Waals surface area contributed by atoms with Gasteiger partial charge in [0.15, 0.2) is 11.5 Å². The van der Waals surface area contributed by atoms with Gasteiger partial charge in [0.1, 0.15) is 17.5 Å². The summed E-state index contributed by atoms with van der Waals surface area (Å²) in [5.41, 5.74) is 1.33. The normalized spacial score (nSPS) is 28.4. The van der Waals surface area contributed by atoms with Crippen molar-refractivity contribution < 1.29 is 37.7 Å². The number of carbonyl (C=O) groups excluding carboxylic acids is 1. The highest BCUT2D eigenvalue weighted by Crippen LogP contribution is 2.66. The van der Waals surface area contributed by atoms with Crippen molar-refractivity contribution in [1.29, 1.82) is 0 Å². The zero-order valence-electron chi connectivity index (χ0n) is 24.8. The van der Waals surface area contributed by atoms with Crippen LogP contribution in [0.25, 0.3) is 6.08 Å². The summed E-state index contributed by atoms with van der Waals surface area (Å²) in [4.78, 5) is 17.6. The van der Waals surface area contributed by atoms with Crippen LogP contribution >= 0.6 is 0 Å². The van der Waals surface area contributed by atoms with E-state index in [1.165, 1.54) is 35.9 Å². The molecular weight excluding hydrogens is 585 g/mol. The molecule has 3 aromatic carbocycles. The number of amides is 1. The molecule has 1 spiro atoms. The largest absolute Gasteiger partial charge is 0.573 e. The van der Waals surface area contributed by atoms with Crippen LogP contribution in [0.5, 0.6) is 17.2 Å². The Balaban J connectivity index is 1.22. The van der Waals surface area contributed by atoms with Crippen LogP contribution in [-0.4, -0.2) is 76.2 Å². The lowest BCUT2D eigenvalue weighted by Gasteiger charge is -2.66. The monoisotopic (exact) mass is 620 g/mol. The highest BCUT2D eigenvalue weighted by Gasteiger charge is 2.74. The fourth-order valence-electron chi connectivity index (χ4n) is 8.57. The van der Waals surface area contributed by atoms with Gasteiger partial charge in [-0.2, -0.15) is 0 Å². The fourth-order valence-corrected chi connectivity index (χ4v) is 8.57. The van der Waals surface area contributed by atoms with Crippen LogP contribution in [-0.2, 0) is 23.1 Å². The van der Waals surface area contributed by atoms with E-state index in [9.17, 15) is 28.2 Å². The molecule has 1 saturated carbocycles. The second-order valence-corrected chi connectivity index (χ2v) is 12.6. The molecule has 45 heavy (non-hydrogen) atoms. The van der Waals surface area contributed by atoms with E-state index in [1.54, 1.807) is 24.1 Å². The van der Waals surface area contributed by atoms with Crippen molar-refractivity contribution in [3.05, 3.63) is 95.1 Å². The number of likely N-dealkylation sites (tertiary alicyclic amines) is 1. The minimum Gasteiger partial charge on any atom is -0.504 e. The number of aliphatic hydroxyl groups is 1. The van der Waals surface area contributed by atoms with E-state index in [4.69, 9.17) is 4.74 Å². The SMILES string of the molecule is CN(C(=O)C=Cc1cccc(OC(F)(F)F)c1)[C@H]1CC[C@@H]2Oc3c(O)ccc4c3[C@@]23CCN(CCc2ccccc2)[C@H](C4)[C@]13O. The van der Waals surface area contributed by atoms with Gasteiger partial charge < -0.3 is 24.6 Å². The van der Waals surface area contributed by atoms with Crippen molar-refractivity contribution in [3.8, 4) is 17.2 Å². The maximum absolute atomic E-state index is 13.7. The molecule has 2 aliphatic heterocycles. The number of aromatic hydroxyl groups is 1. The maximum atomic E-state index is 13.7. The van der Waals surface area contributed by atoms with Gasteiger partial charge in [0, 0.05) is 31.3 Å². The number of halogens is 3. The van der Waals surface area contributed by atoms with Gasteiger partial charge in [-0.15, -0.1) is 13.2 Å². The first kappa shape index (κ1) is 29.7. The van der Waals surface area contributed by atoms with Gasteiger partial charge in [-0.05, 0) is 79.6 Å². The average Bonchev–Trinajstić information content (AvgIpc) is 3.35. The Hall–Kier alpha value is -4.02. The van der Waals surface area contributed by atoms with E-state index in [1.807, 2.05) is 24.3 Å². The Morgan fingerprint density at radius 2 is 1.93 bits per heavy atom. The number of phenols is 1. The van der Waals surface area contributed by atoms with E-state index in [0.717, 1.165) is 30.6 Å². The summed E-state index contributed by atoms with van der Waals surface area (Å²) in [6.45, 7) is 1.48. The van der Waals surface area contributed by atoms with Crippen molar-refractivity contribution in [2.24, 2.45) is 0 Å². The van der Waals surface area contributed by atoms with Crippen LogP contribution in [0.4, 0.5) is 13.2 Å². The van der Waals surface area contributed by atoms with E-state index in [0.29, 0.717) is 37.0 Å². The Labute approximate surface area is 259 Å². The molecule has 2 bridgehead atoms. The molecule has 0 radical (unpaired) electrons. The first-order valence-corrected chi connectivity index (χ1v) is 15.3. The summed E-state index contributed by atoms with van der Waals surface area (Å²) < 4.78 is 48.6. The molecule has 2 fully saturated rings. The number of hydrogen-bond acceptors (Lipinski definition) is 6. The third-order valence-electron chi connectivity index (χ3n) is 10.4. The predicted octanol–water partition coefficient (Wildman–Crippen LogP) is 5.23. The summed E-state index contributed by atoms with van der Waals surface area (Å²) >= 11 is 0. The maximum Gasteiger partial charge on any atom is 0.573 e. The van der Waals surface area contributed by atoms with Gasteiger partial charge in [0.2, 0.25) is 5.91 Å². The van der Waals surface area contributed by atoms with Crippen molar-refractivity contribution >= 4 is 12.0 Å². The summed E-state index contributed by atoms with van der Waals surface area (Å²) in [6, 6.07) is 18.4. The standard InChI is InChI=1S/C35H35F3N2O5/c1-39(30(42)15-10-23-8-5-9-25(20-23)45-35(36,37)38)27-13-14-29-33-17-19-40(18-16-22-6-3-2-4-7-22)28(34(27,33)43)21-24-11-12-26(41)32(44-29)31(24)33/h2-12,15,20,27-29,41,43H,13-14,16-19,21H2,1H3/t27-,28+,29-,33+,34+/m0/s1. The molecule has 1 saturated heterocycles. The molecule has 0 unspecified atom stereocenters. The topological polar surface area (TPSA) is 82.5 Å². The molecule has 5 atom stereocenters. The first-order valence-electron chi connectivity index (χ1n) is 15.3. The van der Waals surface area contributed by atoms with E-state index < -0.39 is 23.4 Å². The number of alkyl halides is 3. The lowest BCUT2D eigenvalue weighted by Crippen LogP contribution is -2.81. The van der Waals surface area contributed by atoms with Gasteiger partial charge in [-0.1, -0.05) is 48.5 Å². The highest BCUT2D eigenvalue weighted by atomic mass is 19.4. The number of piperidine rings is 1. The second kappa shape index (κ2) is 10.8. The molecule has 7 nitrogen and oxygen atoms in total. The minimum atomic E-state index is -4.82. The molecule has 2 heterocycles. The number of benzene rings is 3. The zero-order chi connectivity index (χ0) is 31.6. The van der Waals surface area contributed by atoms with Crippen molar-refractivity contribution in [3.63, 3.8) is 0 Å². The van der Waals surface area contributed by atoms with Gasteiger partial charge in [0.25, 0.3) is 0 Å². The fraction of sp³-hybridized carbons (Fsp3) is 0.400. The van der Waals surface area contributed by atoms with E-state index in [2.05, 4.69) is 21.8 Å². The molecule has 4 aliphatic rings. The zero-order valence-corrected chi connectivity index (χ0v) is 24.8. The Morgan fingerprint density at radius 1 is 1.13 bits per heavy atom. The smallest absolute Gasteiger partial charge is 0.504 e. The summed E-state index contributed by atoms with van der Waals surface area (Å²) in [5, 5.41) is 24.0. The molecule has 1 amide bonds. The van der Waals surface area contributed by atoms with Crippen molar-refractivity contribution in [2.75, 3.05) is 20.1 Å². The molecule has 0 aromatic heterocycles. The summed E-state index contributed by atoms with van der Waals surface area (Å²) in [6.07, 6.45) is 0.670. The Bertz CT molecular complexity index is 1650. The molecule has 7 rings (SSSR count). The molecule has 10 heteroatoms. The quantitative estimate of drug-likeness (QED) is 0.353. The third-order valence-corrected chi connectivity index (χ3v) is 10.4. The van der Waals surface area contributed by atoms with Crippen LogP contribution < -0.4 is 9.47 Å². The van der Waals surface area contributed by atoms with E-state index >= 15 is 0 Å². The second-order valence-electron chi connectivity index (χ2n) is 12.6. The molecular formula is C35H35F3N2O5. The lowest BCUT2D eigenvalue weighted by atomic mass is 9.47. The highest BCUT2D eigenvalue weighted by molar-refractivity contribution is 5.92. The van der Waals surface area contributed by atoms with Crippen molar-refractivity contribution in [2.45, 2.75) is 67.7 Å². The first-order chi connectivity index (χ1) is 21.5. The van der Waals surface area contributed by atoms with Gasteiger partial charge >= 0.3 is 6.36 Å². The number of phenolic OH excluding ortho intramolecular Hbond substituents is 1. The molecule has 2 aliphatic carbocycles. The number of ether oxygens (including phenoxy) is 2. The molecule has 2 N–H and O–H groups in total. The summed E-state index contributed by atoms with van der Waals surface area (Å²) in [7, 11) is 1.67. The number of nitrogens with zero attached hydrogens (tertiary/aromatic N) is 2. The third kappa shape index (κ3) is 4.77. The van der Waals surface area contributed by atoms with E-state index in [-0.39, 0.29) is 29.6 Å². The number of rotatable bonds is 7. The van der Waals surface area contributed by atoms with Crippen LogP contribution in [0.3, 0.4) is 0 Å². The van der Waals surface area contributed by atoms with Crippen LogP contribution in [0.1, 0.15) is 41.5 Å². The Kier molecular flexibility index (Phi) is 7.13. The van der Waals surface area contributed by atoms with Crippen LogP contribution in [0.2, 0.25) is 0 Å². The number of hydrogen-bond donors (Lipinski definition) is 2. The Morgan fingerprint density at radius 3 is 2.71 bits per heavy atom. The van der Waals surface area contributed by atoms with Crippen molar-refractivity contribution in [1.82, 2.24) is 9.80 Å². The number of carbonyl (C=O) groups is 1. The summed E-state index contributed by atoms with van der Waals surface area (Å²) in [5.74, 6) is -0.241. The lowest BCUT2D eigenvalue weighted by molar-refractivity contribution is -0.274. The predicted molar refractivity (Wildman–Crippen MR) is 161 cm³/mol.